The first-order valence-electron chi connectivity index (χ1n) is 9.76. The summed E-state index contributed by atoms with van der Waals surface area (Å²) in [5, 5.41) is 27.7. The highest BCUT2D eigenvalue weighted by Crippen LogP contribution is 2.31. The predicted molar refractivity (Wildman–Crippen MR) is 120 cm³/mol. The minimum Gasteiger partial charge on any atom is -0.396 e. The standard InChI is InChI=1S/C21H20FN5O3S2/c22-15-4-2-1-3-14(15)13-27-18(16-5-8-30-26-16)11-17(25-27)20-23-12-19(31-9-6-28)21(24-20)32-10-7-29/h1-5,8,11-12,28-29H,6-7,9-10,13H2. The molecule has 0 aliphatic carbocycles. The van der Waals surface area contributed by atoms with E-state index < -0.39 is 0 Å². The summed E-state index contributed by atoms with van der Waals surface area (Å²) in [7, 11) is 0. The number of benzene rings is 1. The van der Waals surface area contributed by atoms with Gasteiger partial charge in [0.05, 0.1) is 30.3 Å². The van der Waals surface area contributed by atoms with E-state index in [1.54, 1.807) is 41.2 Å². The Kier molecular flexibility index (Phi) is 7.53. The van der Waals surface area contributed by atoms with E-state index in [1.165, 1.54) is 35.9 Å². The molecule has 4 aromatic rings. The smallest absolute Gasteiger partial charge is 0.181 e. The Balaban J connectivity index is 1.72. The molecule has 3 heterocycles. The molecule has 0 saturated carbocycles. The summed E-state index contributed by atoms with van der Waals surface area (Å²) < 4.78 is 20.9. The van der Waals surface area contributed by atoms with E-state index in [9.17, 15) is 9.50 Å². The van der Waals surface area contributed by atoms with Gasteiger partial charge in [0, 0.05) is 29.3 Å². The first kappa shape index (κ1) is 22.5. The fourth-order valence-electron chi connectivity index (χ4n) is 2.96. The van der Waals surface area contributed by atoms with Gasteiger partial charge in [-0.2, -0.15) is 5.10 Å². The summed E-state index contributed by atoms with van der Waals surface area (Å²) >= 11 is 2.85. The summed E-state index contributed by atoms with van der Waals surface area (Å²) in [6.45, 7) is 0.255. The third-order valence-electron chi connectivity index (χ3n) is 4.39. The fraction of sp³-hybridized carbons (Fsp3) is 0.238. The van der Waals surface area contributed by atoms with Gasteiger partial charge in [0.1, 0.15) is 28.5 Å². The maximum Gasteiger partial charge on any atom is 0.181 e. The Morgan fingerprint density at radius 3 is 2.59 bits per heavy atom. The Bertz CT molecular complexity index is 1170. The summed E-state index contributed by atoms with van der Waals surface area (Å²) in [6, 6.07) is 10.0. The molecule has 0 aliphatic heterocycles. The minimum atomic E-state index is -0.320. The van der Waals surface area contributed by atoms with Crippen LogP contribution in [0.25, 0.3) is 22.9 Å². The van der Waals surface area contributed by atoms with Gasteiger partial charge in [0.15, 0.2) is 5.82 Å². The Hall–Kier alpha value is -2.73. The maximum absolute atomic E-state index is 14.3. The van der Waals surface area contributed by atoms with Gasteiger partial charge in [-0.25, -0.2) is 14.4 Å². The summed E-state index contributed by atoms with van der Waals surface area (Å²) in [5.41, 5.74) is 2.20. The van der Waals surface area contributed by atoms with E-state index >= 15 is 0 Å². The van der Waals surface area contributed by atoms with Crippen molar-refractivity contribution in [2.45, 2.75) is 16.5 Å². The van der Waals surface area contributed by atoms with E-state index in [2.05, 4.69) is 20.2 Å². The molecule has 32 heavy (non-hydrogen) atoms. The van der Waals surface area contributed by atoms with E-state index in [-0.39, 0.29) is 25.6 Å². The van der Waals surface area contributed by atoms with Gasteiger partial charge in [0.2, 0.25) is 0 Å². The van der Waals surface area contributed by atoms with Gasteiger partial charge in [-0.05, 0) is 12.1 Å². The van der Waals surface area contributed by atoms with Crippen LogP contribution in [0.2, 0.25) is 0 Å². The number of aromatic nitrogens is 5. The van der Waals surface area contributed by atoms with Gasteiger partial charge in [0.25, 0.3) is 0 Å². The highest BCUT2D eigenvalue weighted by atomic mass is 32.2. The Morgan fingerprint density at radius 1 is 1.03 bits per heavy atom. The van der Waals surface area contributed by atoms with Crippen LogP contribution in [0.4, 0.5) is 4.39 Å². The Labute approximate surface area is 191 Å². The van der Waals surface area contributed by atoms with E-state index in [4.69, 9.17) is 9.63 Å². The molecule has 0 saturated heterocycles. The van der Waals surface area contributed by atoms with Crippen LogP contribution in [-0.4, -0.2) is 59.8 Å². The third kappa shape index (κ3) is 5.18. The van der Waals surface area contributed by atoms with E-state index in [0.717, 1.165) is 4.90 Å². The lowest BCUT2D eigenvalue weighted by Crippen LogP contribution is -2.06. The summed E-state index contributed by atoms with van der Waals surface area (Å²) in [4.78, 5) is 9.91. The molecule has 0 spiro atoms. The molecular formula is C21H20FN5O3S2. The molecule has 11 heteroatoms. The molecule has 0 unspecified atom stereocenters. The van der Waals surface area contributed by atoms with Crippen LogP contribution in [-0.2, 0) is 6.54 Å². The van der Waals surface area contributed by atoms with Crippen LogP contribution < -0.4 is 0 Å². The van der Waals surface area contributed by atoms with Crippen molar-refractivity contribution in [2.75, 3.05) is 24.7 Å². The molecule has 3 aromatic heterocycles. The monoisotopic (exact) mass is 473 g/mol. The minimum absolute atomic E-state index is 0.0156. The third-order valence-corrected chi connectivity index (χ3v) is 6.49. The molecular weight excluding hydrogens is 453 g/mol. The molecule has 0 bridgehead atoms. The van der Waals surface area contributed by atoms with Crippen LogP contribution >= 0.6 is 23.5 Å². The van der Waals surface area contributed by atoms with Gasteiger partial charge in [-0.1, -0.05) is 23.4 Å². The van der Waals surface area contributed by atoms with Gasteiger partial charge in [-0.15, -0.1) is 23.5 Å². The van der Waals surface area contributed by atoms with Crippen molar-refractivity contribution in [3.8, 4) is 22.9 Å². The Morgan fingerprint density at radius 2 is 1.84 bits per heavy atom. The lowest BCUT2D eigenvalue weighted by molar-refractivity contribution is 0.322. The molecule has 0 atom stereocenters. The molecule has 2 N–H and O–H groups in total. The van der Waals surface area contributed by atoms with E-state index in [1.807, 2.05) is 0 Å². The van der Waals surface area contributed by atoms with Gasteiger partial charge in [-0.3, -0.25) is 4.68 Å². The molecule has 0 radical (unpaired) electrons. The van der Waals surface area contributed by atoms with Crippen LogP contribution in [0, 0.1) is 5.82 Å². The normalized spacial score (nSPS) is 11.2. The number of thioether (sulfide) groups is 2. The lowest BCUT2D eigenvalue weighted by Gasteiger charge is -2.08. The molecule has 1 aromatic carbocycles. The van der Waals surface area contributed by atoms with Crippen LogP contribution in [0.3, 0.4) is 0 Å². The van der Waals surface area contributed by atoms with Crippen molar-refractivity contribution in [1.82, 2.24) is 24.9 Å². The van der Waals surface area contributed by atoms with Crippen molar-refractivity contribution in [3.63, 3.8) is 0 Å². The van der Waals surface area contributed by atoms with Crippen molar-refractivity contribution in [2.24, 2.45) is 0 Å². The molecule has 4 rings (SSSR count). The van der Waals surface area contributed by atoms with Crippen LogP contribution in [0.1, 0.15) is 5.56 Å². The summed E-state index contributed by atoms with van der Waals surface area (Å²) in [5.74, 6) is 1.08. The number of rotatable bonds is 10. The fourth-order valence-corrected chi connectivity index (χ4v) is 4.56. The summed E-state index contributed by atoms with van der Waals surface area (Å²) in [6.07, 6.45) is 3.15. The number of aliphatic hydroxyl groups excluding tert-OH is 2. The number of halogens is 1. The molecule has 0 amide bonds. The van der Waals surface area contributed by atoms with Gasteiger partial charge < -0.3 is 14.7 Å². The highest BCUT2D eigenvalue weighted by molar-refractivity contribution is 8.02. The van der Waals surface area contributed by atoms with Crippen LogP contribution in [0.5, 0.6) is 0 Å². The average molecular weight is 474 g/mol. The molecule has 0 fully saturated rings. The topological polar surface area (TPSA) is 110 Å². The molecule has 0 aliphatic rings. The quantitative estimate of drug-likeness (QED) is 0.265. The van der Waals surface area contributed by atoms with E-state index in [0.29, 0.717) is 45.0 Å². The maximum atomic E-state index is 14.3. The van der Waals surface area contributed by atoms with Gasteiger partial charge >= 0.3 is 0 Å². The van der Waals surface area contributed by atoms with Crippen molar-refractivity contribution >= 4 is 23.5 Å². The molecule has 8 nitrogen and oxygen atoms in total. The second-order valence-corrected chi connectivity index (χ2v) is 8.78. The first-order valence-corrected chi connectivity index (χ1v) is 11.7. The number of hydrogen-bond donors (Lipinski definition) is 2. The SMILES string of the molecule is OCCSc1cnc(-c2cc(-c3ccon3)n(Cc3ccccc3F)n2)nc1SCCO. The zero-order valence-corrected chi connectivity index (χ0v) is 18.5. The largest absolute Gasteiger partial charge is 0.396 e. The zero-order chi connectivity index (χ0) is 22.3. The predicted octanol–water partition coefficient (Wildman–Crippen LogP) is 3.35. The highest BCUT2D eigenvalue weighted by Gasteiger charge is 2.18. The van der Waals surface area contributed by atoms with Crippen molar-refractivity contribution in [3.05, 3.63) is 60.2 Å². The zero-order valence-electron chi connectivity index (χ0n) is 16.9. The number of aliphatic hydroxyl groups is 2. The second-order valence-electron chi connectivity index (χ2n) is 6.56. The van der Waals surface area contributed by atoms with Crippen molar-refractivity contribution < 1.29 is 19.1 Å². The lowest BCUT2D eigenvalue weighted by atomic mass is 10.2. The molecule has 166 valence electrons. The van der Waals surface area contributed by atoms with Crippen LogP contribution in [0.15, 0.2) is 63.3 Å². The number of hydrogen-bond acceptors (Lipinski definition) is 9. The van der Waals surface area contributed by atoms with Crippen molar-refractivity contribution in [1.29, 1.82) is 0 Å². The number of nitrogens with zero attached hydrogens (tertiary/aromatic N) is 5. The first-order chi connectivity index (χ1) is 15.7. The average Bonchev–Trinajstić information content (AvgIpc) is 3.48. The second kappa shape index (κ2) is 10.7.